The summed E-state index contributed by atoms with van der Waals surface area (Å²) < 4.78 is 5.57. The van der Waals surface area contributed by atoms with Crippen LogP contribution in [-0.4, -0.2) is 50.6 Å². The minimum absolute atomic E-state index is 0.183. The third kappa shape index (κ3) is 1.93. The molecule has 1 amide bonds. The van der Waals surface area contributed by atoms with Gasteiger partial charge in [-0.25, -0.2) is 0 Å². The third-order valence-corrected chi connectivity index (χ3v) is 4.93. The van der Waals surface area contributed by atoms with Crippen LogP contribution < -0.4 is 0 Å². The Morgan fingerprint density at radius 1 is 1.05 bits per heavy atom. The molecule has 3 saturated heterocycles. The van der Waals surface area contributed by atoms with Crippen LogP contribution in [0, 0.1) is 0 Å². The average Bonchev–Trinajstić information content (AvgIpc) is 3.18. The molecule has 1 aromatic heterocycles. The van der Waals surface area contributed by atoms with Crippen molar-refractivity contribution in [3.05, 3.63) is 12.4 Å². The van der Waals surface area contributed by atoms with E-state index in [-0.39, 0.29) is 12.0 Å². The van der Waals surface area contributed by atoms with E-state index >= 15 is 0 Å². The zero-order chi connectivity index (χ0) is 13.5. The van der Waals surface area contributed by atoms with Crippen molar-refractivity contribution in [1.82, 2.24) is 19.9 Å². The van der Waals surface area contributed by atoms with E-state index in [1.807, 2.05) is 4.80 Å². The van der Waals surface area contributed by atoms with E-state index in [1.165, 1.54) is 0 Å². The first-order chi connectivity index (χ1) is 9.83. The summed E-state index contributed by atoms with van der Waals surface area (Å²) in [6, 6.07) is 1.04. The summed E-state index contributed by atoms with van der Waals surface area (Å²) in [5.74, 6) is 0.224. The van der Waals surface area contributed by atoms with Gasteiger partial charge in [-0.2, -0.15) is 15.0 Å². The lowest BCUT2D eigenvalue weighted by Gasteiger charge is -2.39. The van der Waals surface area contributed by atoms with Gasteiger partial charge in [0.1, 0.15) is 6.10 Å². The van der Waals surface area contributed by atoms with Crippen molar-refractivity contribution in [2.75, 3.05) is 6.61 Å². The first kappa shape index (κ1) is 12.3. The predicted octanol–water partition coefficient (Wildman–Crippen LogP) is 1.15. The Morgan fingerprint density at radius 2 is 1.75 bits per heavy atom. The van der Waals surface area contributed by atoms with Crippen LogP contribution in [0.4, 0.5) is 0 Å². The van der Waals surface area contributed by atoms with Gasteiger partial charge in [0.25, 0.3) is 5.91 Å². The van der Waals surface area contributed by atoms with Crippen molar-refractivity contribution in [2.45, 2.75) is 62.8 Å². The van der Waals surface area contributed by atoms with Gasteiger partial charge in [0.2, 0.25) is 0 Å². The van der Waals surface area contributed by atoms with Gasteiger partial charge in [-0.1, -0.05) is 0 Å². The molecule has 3 aliphatic heterocycles. The summed E-state index contributed by atoms with van der Waals surface area (Å²) in [6.07, 6.45) is 9.35. The molecule has 6 heteroatoms. The Bertz CT molecular complexity index is 469. The number of ether oxygens (including phenoxy) is 1. The molecular formula is C14H20N4O2. The number of hydrogen-bond donors (Lipinski definition) is 0. The molecule has 1 aromatic rings. The van der Waals surface area contributed by atoms with Crippen LogP contribution in [0.2, 0.25) is 0 Å². The highest BCUT2D eigenvalue weighted by molar-refractivity contribution is 5.82. The number of nitrogens with zero attached hydrogens (tertiary/aromatic N) is 4. The highest BCUT2D eigenvalue weighted by atomic mass is 16.5. The fraction of sp³-hybridized carbons (Fsp3) is 0.786. The largest absolute Gasteiger partial charge is 0.368 e. The van der Waals surface area contributed by atoms with Crippen molar-refractivity contribution in [3.8, 4) is 0 Å². The number of carbonyl (C=O) groups is 1. The molecule has 0 aromatic carbocycles. The van der Waals surface area contributed by atoms with Crippen molar-refractivity contribution in [2.24, 2.45) is 0 Å². The second kappa shape index (κ2) is 4.84. The molecule has 0 spiro atoms. The first-order valence-corrected chi connectivity index (χ1v) is 7.62. The summed E-state index contributed by atoms with van der Waals surface area (Å²) >= 11 is 0. The lowest BCUT2D eigenvalue weighted by molar-refractivity contribution is -0.146. The molecule has 3 fully saturated rings. The Balaban J connectivity index is 1.50. The number of hydrogen-bond acceptors (Lipinski definition) is 4. The van der Waals surface area contributed by atoms with E-state index in [0.29, 0.717) is 18.1 Å². The molecule has 4 heterocycles. The minimum atomic E-state index is -0.183. The smallest absolute Gasteiger partial charge is 0.252 e. The Hall–Kier alpha value is -1.43. The zero-order valence-electron chi connectivity index (χ0n) is 11.5. The van der Waals surface area contributed by atoms with Crippen LogP contribution in [0.1, 0.15) is 44.6 Å². The fourth-order valence-corrected chi connectivity index (χ4v) is 4.05. The van der Waals surface area contributed by atoms with Crippen molar-refractivity contribution < 1.29 is 9.53 Å². The van der Waals surface area contributed by atoms with Gasteiger partial charge in [0.05, 0.1) is 18.4 Å². The molecule has 0 saturated carbocycles. The second-order valence-corrected chi connectivity index (χ2v) is 6.11. The molecular weight excluding hydrogens is 256 g/mol. The number of rotatable bonds is 2. The molecule has 3 aliphatic rings. The van der Waals surface area contributed by atoms with Crippen LogP contribution >= 0.6 is 0 Å². The van der Waals surface area contributed by atoms with Gasteiger partial charge < -0.3 is 9.64 Å². The van der Waals surface area contributed by atoms with Gasteiger partial charge in [-0.15, -0.1) is 0 Å². The maximum Gasteiger partial charge on any atom is 0.252 e. The van der Waals surface area contributed by atoms with Gasteiger partial charge >= 0.3 is 0 Å². The van der Waals surface area contributed by atoms with E-state index in [9.17, 15) is 4.79 Å². The maximum atomic E-state index is 12.6. The number of fused-ring (bicyclic) bond motifs is 2. The van der Waals surface area contributed by atoms with Crippen molar-refractivity contribution >= 4 is 5.91 Å². The predicted molar refractivity (Wildman–Crippen MR) is 70.9 cm³/mol. The molecule has 0 unspecified atom stereocenters. The molecule has 2 bridgehead atoms. The lowest BCUT2D eigenvalue weighted by Crippen LogP contribution is -2.50. The summed E-state index contributed by atoms with van der Waals surface area (Å²) in [5.41, 5.74) is 0. The SMILES string of the molecule is O=C([C@@H]1CCCO1)N1[C@H]2CC[C@H]1CC(n1nccn1)C2. The van der Waals surface area contributed by atoms with Gasteiger partial charge in [-0.05, 0) is 38.5 Å². The molecule has 3 atom stereocenters. The quantitative estimate of drug-likeness (QED) is 0.813. The Morgan fingerprint density at radius 3 is 2.35 bits per heavy atom. The van der Waals surface area contributed by atoms with E-state index in [2.05, 4.69) is 15.1 Å². The Kier molecular flexibility index (Phi) is 2.98. The molecule has 0 radical (unpaired) electrons. The summed E-state index contributed by atoms with van der Waals surface area (Å²) in [7, 11) is 0. The van der Waals surface area contributed by atoms with Crippen LogP contribution in [-0.2, 0) is 9.53 Å². The number of aromatic nitrogens is 3. The van der Waals surface area contributed by atoms with E-state index in [1.54, 1.807) is 12.4 Å². The first-order valence-electron chi connectivity index (χ1n) is 7.62. The van der Waals surface area contributed by atoms with Crippen molar-refractivity contribution in [3.63, 3.8) is 0 Å². The highest BCUT2D eigenvalue weighted by Gasteiger charge is 2.46. The summed E-state index contributed by atoms with van der Waals surface area (Å²) in [6.45, 7) is 0.736. The van der Waals surface area contributed by atoms with Crippen LogP contribution in [0.3, 0.4) is 0 Å². The molecule has 6 nitrogen and oxygen atoms in total. The van der Waals surface area contributed by atoms with Gasteiger partial charge in [0.15, 0.2) is 0 Å². The minimum Gasteiger partial charge on any atom is -0.368 e. The summed E-state index contributed by atoms with van der Waals surface area (Å²) in [5, 5.41) is 8.52. The zero-order valence-corrected chi connectivity index (χ0v) is 11.5. The van der Waals surface area contributed by atoms with Crippen molar-refractivity contribution in [1.29, 1.82) is 0 Å². The monoisotopic (exact) mass is 276 g/mol. The van der Waals surface area contributed by atoms with Crippen LogP contribution in [0.25, 0.3) is 0 Å². The topological polar surface area (TPSA) is 60.2 Å². The fourth-order valence-electron chi connectivity index (χ4n) is 4.05. The molecule has 0 N–H and O–H groups in total. The number of amides is 1. The van der Waals surface area contributed by atoms with Crippen LogP contribution in [0.15, 0.2) is 12.4 Å². The van der Waals surface area contributed by atoms with E-state index in [0.717, 1.165) is 45.1 Å². The van der Waals surface area contributed by atoms with E-state index in [4.69, 9.17) is 4.74 Å². The summed E-state index contributed by atoms with van der Waals surface area (Å²) in [4.78, 5) is 16.6. The van der Waals surface area contributed by atoms with E-state index < -0.39 is 0 Å². The third-order valence-electron chi connectivity index (χ3n) is 4.93. The standard InChI is InChI=1S/C14H20N4O2/c19-14(13-2-1-7-20-13)17-10-3-4-11(17)9-12(8-10)18-15-5-6-16-18/h5-6,10-13H,1-4,7-9H2/t10-,11-,13-/m0/s1. The molecule has 108 valence electrons. The number of carbonyl (C=O) groups excluding carboxylic acids is 1. The maximum absolute atomic E-state index is 12.6. The molecule has 0 aliphatic carbocycles. The number of piperidine rings is 1. The average molecular weight is 276 g/mol. The highest BCUT2D eigenvalue weighted by Crippen LogP contribution is 2.41. The van der Waals surface area contributed by atoms with Gasteiger partial charge in [0, 0.05) is 18.7 Å². The second-order valence-electron chi connectivity index (χ2n) is 6.11. The normalized spacial score (nSPS) is 36.5. The Labute approximate surface area is 118 Å². The molecule has 20 heavy (non-hydrogen) atoms. The van der Waals surface area contributed by atoms with Crippen LogP contribution in [0.5, 0.6) is 0 Å². The van der Waals surface area contributed by atoms with Gasteiger partial charge in [-0.3, -0.25) is 4.79 Å². The lowest BCUT2D eigenvalue weighted by atomic mass is 9.97. The molecule has 4 rings (SSSR count).